The number of likely N-dealkylation sites (N-methyl/N-ethyl adjacent to an activating group) is 1. The van der Waals surface area contributed by atoms with E-state index in [1.807, 2.05) is 13.8 Å². The fourth-order valence-electron chi connectivity index (χ4n) is 2.40. The summed E-state index contributed by atoms with van der Waals surface area (Å²) in [5.41, 5.74) is 0. The number of nitrogens with zero attached hydrogens (tertiary/aromatic N) is 2. The molecule has 0 aromatic heterocycles. The van der Waals surface area contributed by atoms with E-state index in [1.165, 1.54) is 0 Å². The van der Waals surface area contributed by atoms with Crippen LogP contribution in [-0.4, -0.2) is 91.3 Å². The Morgan fingerprint density at radius 1 is 1.28 bits per heavy atom. The van der Waals surface area contributed by atoms with Gasteiger partial charge >= 0.3 is 0 Å². The normalized spacial score (nSPS) is 22.3. The molecule has 18 heavy (non-hydrogen) atoms. The molecule has 1 rings (SSSR count). The molecule has 0 saturated carbocycles. The number of hydrogen-bond acceptors (Lipinski definition) is 4. The Hall–Kier alpha value is -0.200. The molecule has 1 fully saturated rings. The second-order valence-electron chi connectivity index (χ2n) is 5.85. The van der Waals surface area contributed by atoms with Gasteiger partial charge in [0.1, 0.15) is 12.6 Å². The van der Waals surface area contributed by atoms with Gasteiger partial charge in [-0.1, -0.05) is 0 Å². The van der Waals surface area contributed by atoms with Crippen molar-refractivity contribution in [2.45, 2.75) is 26.1 Å². The molecule has 2 N–H and O–H groups in total. The van der Waals surface area contributed by atoms with E-state index in [9.17, 15) is 5.11 Å². The number of rotatable bonds is 7. The molecule has 1 aliphatic rings. The van der Waals surface area contributed by atoms with Gasteiger partial charge in [-0.2, -0.15) is 0 Å². The zero-order valence-electron chi connectivity index (χ0n) is 12.0. The second-order valence-corrected chi connectivity index (χ2v) is 5.85. The van der Waals surface area contributed by atoms with Gasteiger partial charge in [-0.05, 0) is 13.8 Å². The minimum absolute atomic E-state index is 0.173. The summed E-state index contributed by atoms with van der Waals surface area (Å²) in [5, 5.41) is 18.9. The van der Waals surface area contributed by atoms with Crippen molar-refractivity contribution in [1.29, 1.82) is 0 Å². The SMILES string of the molecule is CC(C)OCC(O)C[N+]1(C)CCN(CCO)CC1. The highest BCUT2D eigenvalue weighted by molar-refractivity contribution is 4.65. The first-order valence-electron chi connectivity index (χ1n) is 6.91. The van der Waals surface area contributed by atoms with Gasteiger partial charge in [-0.25, -0.2) is 0 Å². The highest BCUT2D eigenvalue weighted by atomic mass is 16.5. The maximum absolute atomic E-state index is 9.99. The van der Waals surface area contributed by atoms with Crippen LogP contribution in [0.5, 0.6) is 0 Å². The first-order chi connectivity index (χ1) is 8.45. The van der Waals surface area contributed by atoms with Crippen LogP contribution in [0, 0.1) is 0 Å². The van der Waals surface area contributed by atoms with Crippen molar-refractivity contribution in [3.63, 3.8) is 0 Å². The van der Waals surface area contributed by atoms with E-state index < -0.39 is 0 Å². The van der Waals surface area contributed by atoms with Gasteiger partial charge in [-0.3, -0.25) is 4.90 Å². The number of ether oxygens (including phenoxy) is 1. The fraction of sp³-hybridized carbons (Fsp3) is 1.00. The summed E-state index contributed by atoms with van der Waals surface area (Å²) in [4.78, 5) is 2.27. The zero-order chi connectivity index (χ0) is 13.6. The van der Waals surface area contributed by atoms with Crippen LogP contribution in [0.2, 0.25) is 0 Å². The molecule has 5 heteroatoms. The van der Waals surface area contributed by atoms with Crippen LogP contribution in [-0.2, 0) is 4.74 Å². The van der Waals surface area contributed by atoms with Crippen LogP contribution in [0.4, 0.5) is 0 Å². The van der Waals surface area contributed by atoms with Crippen molar-refractivity contribution >= 4 is 0 Å². The molecule has 1 heterocycles. The molecule has 108 valence electrons. The number of aliphatic hydroxyl groups is 2. The lowest BCUT2D eigenvalue weighted by atomic mass is 10.2. The van der Waals surface area contributed by atoms with Gasteiger partial charge in [0.2, 0.25) is 0 Å². The van der Waals surface area contributed by atoms with E-state index in [0.717, 1.165) is 43.8 Å². The fourth-order valence-corrected chi connectivity index (χ4v) is 2.40. The molecular formula is C13H29N2O3+. The maximum atomic E-state index is 9.99. The van der Waals surface area contributed by atoms with Gasteiger partial charge in [0.15, 0.2) is 0 Å². The van der Waals surface area contributed by atoms with Crippen LogP contribution in [0.1, 0.15) is 13.8 Å². The summed E-state index contributed by atoms with van der Waals surface area (Å²) in [6.45, 7) is 10.2. The second kappa shape index (κ2) is 7.40. The zero-order valence-corrected chi connectivity index (χ0v) is 12.0. The van der Waals surface area contributed by atoms with Gasteiger partial charge in [-0.15, -0.1) is 0 Å². The Morgan fingerprint density at radius 3 is 2.39 bits per heavy atom. The number of β-amino-alcohol motifs (C(OH)–C–C–N with tert-alkyl or cyclic N) is 1. The number of quaternary nitrogens is 1. The summed E-state index contributed by atoms with van der Waals surface area (Å²) in [7, 11) is 2.19. The monoisotopic (exact) mass is 261 g/mol. The number of aliphatic hydroxyl groups excluding tert-OH is 2. The predicted octanol–water partition coefficient (Wildman–Crippen LogP) is -0.473. The summed E-state index contributed by atoms with van der Waals surface area (Å²) < 4.78 is 6.34. The Balaban J connectivity index is 2.28. The summed E-state index contributed by atoms with van der Waals surface area (Å²) in [6, 6.07) is 0. The number of hydrogen-bond donors (Lipinski definition) is 2. The van der Waals surface area contributed by atoms with Crippen molar-refractivity contribution in [2.75, 3.05) is 59.5 Å². The molecule has 0 aromatic carbocycles. The van der Waals surface area contributed by atoms with Gasteiger partial charge in [0, 0.05) is 19.6 Å². The van der Waals surface area contributed by atoms with Crippen molar-refractivity contribution in [2.24, 2.45) is 0 Å². The van der Waals surface area contributed by atoms with Crippen LogP contribution in [0.3, 0.4) is 0 Å². The van der Waals surface area contributed by atoms with Crippen molar-refractivity contribution in [1.82, 2.24) is 4.90 Å². The topological polar surface area (TPSA) is 52.9 Å². The van der Waals surface area contributed by atoms with E-state index in [0.29, 0.717) is 6.61 Å². The van der Waals surface area contributed by atoms with Gasteiger partial charge in [0.25, 0.3) is 0 Å². The van der Waals surface area contributed by atoms with Crippen molar-refractivity contribution < 1.29 is 19.4 Å². The Labute approximate surface area is 111 Å². The average molecular weight is 261 g/mol. The molecule has 1 atom stereocenters. The Morgan fingerprint density at radius 2 is 1.89 bits per heavy atom. The largest absolute Gasteiger partial charge is 0.395 e. The third kappa shape index (κ3) is 5.63. The van der Waals surface area contributed by atoms with E-state index in [1.54, 1.807) is 0 Å². The quantitative estimate of drug-likeness (QED) is 0.608. The molecule has 0 bridgehead atoms. The lowest BCUT2D eigenvalue weighted by Crippen LogP contribution is -2.60. The summed E-state index contributed by atoms with van der Waals surface area (Å²) >= 11 is 0. The van der Waals surface area contributed by atoms with E-state index in [-0.39, 0.29) is 18.8 Å². The molecule has 5 nitrogen and oxygen atoms in total. The highest BCUT2D eigenvalue weighted by Gasteiger charge is 2.30. The van der Waals surface area contributed by atoms with Gasteiger partial charge in [0.05, 0.1) is 39.5 Å². The molecule has 0 spiro atoms. The third-order valence-electron chi connectivity index (χ3n) is 3.60. The van der Waals surface area contributed by atoms with Crippen LogP contribution < -0.4 is 0 Å². The Bertz CT molecular complexity index is 228. The minimum atomic E-state index is -0.387. The summed E-state index contributed by atoms with van der Waals surface area (Å²) in [5.74, 6) is 0. The third-order valence-corrected chi connectivity index (χ3v) is 3.60. The molecule has 1 aliphatic heterocycles. The molecule has 0 aliphatic carbocycles. The van der Waals surface area contributed by atoms with Crippen molar-refractivity contribution in [3.8, 4) is 0 Å². The predicted molar refractivity (Wildman–Crippen MR) is 71.4 cm³/mol. The standard InChI is InChI=1S/C13H29N2O3/c1-12(2)18-11-13(17)10-15(3)7-4-14(5-8-15)6-9-16/h12-13,16-17H,4-11H2,1-3H3/q+1. The van der Waals surface area contributed by atoms with Gasteiger partial charge < -0.3 is 19.4 Å². The van der Waals surface area contributed by atoms with Crippen molar-refractivity contribution in [3.05, 3.63) is 0 Å². The van der Waals surface area contributed by atoms with Crippen LogP contribution >= 0.6 is 0 Å². The van der Waals surface area contributed by atoms with Crippen LogP contribution in [0.25, 0.3) is 0 Å². The smallest absolute Gasteiger partial charge is 0.126 e. The molecule has 0 radical (unpaired) electrons. The summed E-state index contributed by atoms with van der Waals surface area (Å²) in [6.07, 6.45) is -0.215. The average Bonchev–Trinajstić information content (AvgIpc) is 2.30. The minimum Gasteiger partial charge on any atom is -0.395 e. The van der Waals surface area contributed by atoms with E-state index >= 15 is 0 Å². The molecular weight excluding hydrogens is 232 g/mol. The highest BCUT2D eigenvalue weighted by Crippen LogP contribution is 2.11. The molecule has 1 saturated heterocycles. The lowest BCUT2D eigenvalue weighted by molar-refractivity contribution is -0.916. The molecule has 1 unspecified atom stereocenters. The maximum Gasteiger partial charge on any atom is 0.126 e. The van der Waals surface area contributed by atoms with Crippen LogP contribution in [0.15, 0.2) is 0 Å². The molecule has 0 amide bonds. The first kappa shape index (κ1) is 15.9. The first-order valence-corrected chi connectivity index (χ1v) is 6.91. The lowest BCUT2D eigenvalue weighted by Gasteiger charge is -2.42. The number of piperazine rings is 1. The Kier molecular flexibility index (Phi) is 6.52. The van der Waals surface area contributed by atoms with E-state index in [2.05, 4.69) is 11.9 Å². The van der Waals surface area contributed by atoms with E-state index in [4.69, 9.17) is 9.84 Å². The molecule has 0 aromatic rings.